The van der Waals surface area contributed by atoms with Crippen LogP contribution in [-0.2, 0) is 4.79 Å². The van der Waals surface area contributed by atoms with E-state index in [-0.39, 0.29) is 0 Å². The molecule has 2 nitrogen and oxygen atoms in total. The molecule has 0 unspecified atom stereocenters. The molecule has 0 atom stereocenters. The van der Waals surface area contributed by atoms with Gasteiger partial charge in [0.05, 0.1) is 6.54 Å². The van der Waals surface area contributed by atoms with E-state index in [9.17, 15) is 4.79 Å². The average Bonchev–Trinajstić information content (AvgIpc) is 1.64. The Kier molecular flexibility index (Phi) is 1.91. The van der Waals surface area contributed by atoms with Crippen LogP contribution in [0.4, 0.5) is 0 Å². The molecule has 0 aliphatic carbocycles. The highest BCUT2D eigenvalue weighted by Gasteiger charge is 2.12. The summed E-state index contributed by atoms with van der Waals surface area (Å²) in [6, 6.07) is 0. The minimum absolute atomic E-state index is 0.304. The van der Waals surface area contributed by atoms with E-state index < -0.39 is 0 Å². The van der Waals surface area contributed by atoms with Gasteiger partial charge in [0, 0.05) is 12.3 Å². The van der Waals surface area contributed by atoms with Crippen molar-refractivity contribution in [2.75, 3.05) is 25.9 Å². The van der Waals surface area contributed by atoms with Gasteiger partial charge in [0.15, 0.2) is 0 Å². The van der Waals surface area contributed by atoms with Crippen LogP contribution in [0.1, 0.15) is 0 Å². The van der Waals surface area contributed by atoms with E-state index in [0.29, 0.717) is 11.7 Å². The summed E-state index contributed by atoms with van der Waals surface area (Å²) >= 11 is 1.44. The number of carbonyl (C=O) groups is 1. The van der Waals surface area contributed by atoms with Crippen molar-refractivity contribution < 1.29 is 4.79 Å². The molecule has 1 aliphatic heterocycles. The molecule has 1 heterocycles. The van der Waals surface area contributed by atoms with Gasteiger partial charge in [-0.2, -0.15) is 0 Å². The zero-order valence-electron chi connectivity index (χ0n) is 4.89. The molecule has 3 heteroatoms. The minimum atomic E-state index is 0.304. The van der Waals surface area contributed by atoms with E-state index in [0.717, 1.165) is 12.3 Å². The van der Waals surface area contributed by atoms with Crippen LogP contribution in [0.5, 0.6) is 0 Å². The quantitative estimate of drug-likeness (QED) is 0.468. The molecule has 0 aromatic heterocycles. The van der Waals surface area contributed by atoms with E-state index in [2.05, 4.69) is 0 Å². The van der Waals surface area contributed by atoms with Crippen LogP contribution in [0.2, 0.25) is 0 Å². The molecular weight excluding hydrogens is 122 g/mol. The Hall–Kier alpha value is -0.0200. The predicted octanol–water partition coefficient (Wildman–Crippen LogP) is 0.192. The number of nitrogens with zero attached hydrogens (tertiary/aromatic N) is 1. The molecule has 1 rings (SSSR count). The smallest absolute Gasteiger partial charge is 0.202 e. The second-order valence-electron chi connectivity index (χ2n) is 1.96. The van der Waals surface area contributed by atoms with Crippen LogP contribution in [0.25, 0.3) is 0 Å². The molecule has 0 spiro atoms. The molecule has 0 aromatic carbocycles. The van der Waals surface area contributed by atoms with Gasteiger partial charge in [0.1, 0.15) is 0 Å². The molecule has 0 bridgehead atoms. The molecule has 0 aromatic rings. The van der Waals surface area contributed by atoms with Crippen LogP contribution in [-0.4, -0.2) is 35.9 Å². The van der Waals surface area contributed by atoms with Gasteiger partial charge in [0.2, 0.25) is 5.12 Å². The Labute approximate surface area is 53.2 Å². The highest BCUT2D eigenvalue weighted by Crippen LogP contribution is 2.08. The molecule has 0 amide bonds. The molecule has 46 valence electrons. The van der Waals surface area contributed by atoms with Gasteiger partial charge in [-0.15, -0.1) is 0 Å². The Bertz CT molecular complexity index is 105. The third-order valence-corrected chi connectivity index (χ3v) is 1.97. The third-order valence-electron chi connectivity index (χ3n) is 1.14. The van der Waals surface area contributed by atoms with E-state index in [4.69, 9.17) is 0 Å². The van der Waals surface area contributed by atoms with Crippen molar-refractivity contribution in [3.8, 4) is 0 Å². The van der Waals surface area contributed by atoms with Gasteiger partial charge < -0.3 is 0 Å². The molecule has 1 saturated heterocycles. The summed E-state index contributed by atoms with van der Waals surface area (Å²) in [5, 5.41) is 0.304. The minimum Gasteiger partial charge on any atom is -0.298 e. The normalized spacial score (nSPS) is 23.9. The van der Waals surface area contributed by atoms with Crippen LogP contribution in [0.3, 0.4) is 0 Å². The lowest BCUT2D eigenvalue weighted by Gasteiger charge is -2.19. The summed E-state index contributed by atoms with van der Waals surface area (Å²) in [6.45, 7) is 1.68. The van der Waals surface area contributed by atoms with Gasteiger partial charge in [-0.25, -0.2) is 0 Å². The van der Waals surface area contributed by atoms with Crippen LogP contribution in [0, 0.1) is 0 Å². The van der Waals surface area contributed by atoms with Gasteiger partial charge in [0.25, 0.3) is 0 Å². The molecule has 0 saturated carbocycles. The van der Waals surface area contributed by atoms with E-state index in [1.54, 1.807) is 0 Å². The first-order valence-corrected chi connectivity index (χ1v) is 3.62. The van der Waals surface area contributed by atoms with E-state index in [1.165, 1.54) is 11.8 Å². The van der Waals surface area contributed by atoms with Gasteiger partial charge in [-0.05, 0) is 7.05 Å². The fourth-order valence-electron chi connectivity index (χ4n) is 0.660. The molecular formula is C5H9NOS. The zero-order chi connectivity index (χ0) is 5.98. The first kappa shape index (κ1) is 6.11. The van der Waals surface area contributed by atoms with Gasteiger partial charge in [-0.3, -0.25) is 9.69 Å². The number of likely N-dealkylation sites (N-methyl/N-ethyl adjacent to an activating group) is 1. The summed E-state index contributed by atoms with van der Waals surface area (Å²) in [5.41, 5.74) is 0. The SMILES string of the molecule is CN1CCSC(=O)C1. The molecule has 8 heavy (non-hydrogen) atoms. The maximum absolute atomic E-state index is 10.6. The summed E-state index contributed by atoms with van der Waals surface area (Å²) < 4.78 is 0. The van der Waals surface area contributed by atoms with E-state index in [1.807, 2.05) is 11.9 Å². The Balaban J connectivity index is 2.34. The summed E-state index contributed by atoms with van der Waals surface area (Å²) in [4.78, 5) is 12.6. The topological polar surface area (TPSA) is 20.3 Å². The number of rotatable bonds is 0. The van der Waals surface area contributed by atoms with Crippen LogP contribution < -0.4 is 0 Å². The number of hydrogen-bond donors (Lipinski definition) is 0. The van der Waals surface area contributed by atoms with Gasteiger partial charge in [-0.1, -0.05) is 11.8 Å². The molecule has 1 fully saturated rings. The number of hydrogen-bond acceptors (Lipinski definition) is 3. The fourth-order valence-corrected chi connectivity index (χ4v) is 1.60. The Morgan fingerprint density at radius 2 is 2.50 bits per heavy atom. The van der Waals surface area contributed by atoms with Crippen molar-refractivity contribution in [1.82, 2.24) is 4.90 Å². The largest absolute Gasteiger partial charge is 0.298 e. The van der Waals surface area contributed by atoms with Crippen LogP contribution >= 0.6 is 11.8 Å². The highest BCUT2D eigenvalue weighted by molar-refractivity contribution is 8.13. The molecule has 0 radical (unpaired) electrons. The molecule has 1 aliphatic rings. The summed E-state index contributed by atoms with van der Waals surface area (Å²) in [7, 11) is 1.97. The highest BCUT2D eigenvalue weighted by atomic mass is 32.2. The maximum atomic E-state index is 10.6. The lowest BCUT2D eigenvalue weighted by molar-refractivity contribution is -0.112. The summed E-state index contributed by atoms with van der Waals surface area (Å²) in [5.74, 6) is 0.968. The second-order valence-corrected chi connectivity index (χ2v) is 3.11. The summed E-state index contributed by atoms with van der Waals surface area (Å²) in [6.07, 6.45) is 0. The zero-order valence-corrected chi connectivity index (χ0v) is 5.70. The van der Waals surface area contributed by atoms with E-state index >= 15 is 0 Å². The predicted molar refractivity (Wildman–Crippen MR) is 35.0 cm³/mol. The van der Waals surface area contributed by atoms with Gasteiger partial charge >= 0.3 is 0 Å². The lowest BCUT2D eigenvalue weighted by atomic mass is 10.5. The van der Waals surface area contributed by atoms with Crippen molar-refractivity contribution in [1.29, 1.82) is 0 Å². The fraction of sp³-hybridized carbons (Fsp3) is 0.800. The first-order valence-electron chi connectivity index (χ1n) is 2.63. The van der Waals surface area contributed by atoms with Crippen molar-refractivity contribution in [2.45, 2.75) is 0 Å². The number of carbonyl (C=O) groups excluding carboxylic acids is 1. The van der Waals surface area contributed by atoms with Crippen molar-refractivity contribution in [3.63, 3.8) is 0 Å². The Morgan fingerprint density at radius 3 is 2.88 bits per heavy atom. The maximum Gasteiger partial charge on any atom is 0.202 e. The Morgan fingerprint density at radius 1 is 1.75 bits per heavy atom. The standard InChI is InChI=1S/C5H9NOS/c1-6-2-3-8-5(7)4-6/h2-4H2,1H3. The molecule has 0 N–H and O–H groups in total. The van der Waals surface area contributed by atoms with Crippen LogP contribution in [0.15, 0.2) is 0 Å². The van der Waals surface area contributed by atoms with Crippen molar-refractivity contribution in [3.05, 3.63) is 0 Å². The van der Waals surface area contributed by atoms with Crippen molar-refractivity contribution >= 4 is 16.9 Å². The first-order chi connectivity index (χ1) is 3.79. The number of thioether (sulfide) groups is 1. The second kappa shape index (κ2) is 2.51. The van der Waals surface area contributed by atoms with Crippen molar-refractivity contribution in [2.24, 2.45) is 0 Å². The lowest BCUT2D eigenvalue weighted by Crippen LogP contribution is -2.31. The third kappa shape index (κ3) is 1.49. The average molecular weight is 131 g/mol. The monoisotopic (exact) mass is 131 g/mol.